The van der Waals surface area contributed by atoms with Gasteiger partial charge in [0.1, 0.15) is 0 Å². The van der Waals surface area contributed by atoms with Gasteiger partial charge >= 0.3 is 0 Å². The van der Waals surface area contributed by atoms with E-state index >= 15 is 0 Å². The highest BCUT2D eigenvalue weighted by atomic mass is 16.1. The van der Waals surface area contributed by atoms with E-state index in [0.717, 1.165) is 28.9 Å². The molecule has 2 N–H and O–H groups in total. The normalized spacial score (nSPS) is 10.4. The number of aryl methyl sites for hydroxylation is 3. The van der Waals surface area contributed by atoms with Crippen LogP contribution in [-0.2, 0) is 6.42 Å². The fourth-order valence-corrected chi connectivity index (χ4v) is 2.73. The Kier molecular flexibility index (Phi) is 5.27. The van der Waals surface area contributed by atoms with Crippen LogP contribution in [-0.4, -0.2) is 15.9 Å². The Labute approximate surface area is 153 Å². The van der Waals surface area contributed by atoms with Gasteiger partial charge < -0.3 is 10.6 Å². The summed E-state index contributed by atoms with van der Waals surface area (Å²) >= 11 is 0. The number of amides is 1. The summed E-state index contributed by atoms with van der Waals surface area (Å²) in [6.45, 7) is 6.09. The van der Waals surface area contributed by atoms with Gasteiger partial charge in [-0.2, -0.15) is 0 Å². The van der Waals surface area contributed by atoms with Gasteiger partial charge in [0.15, 0.2) is 0 Å². The van der Waals surface area contributed by atoms with Gasteiger partial charge in [0.05, 0.1) is 5.56 Å². The second-order valence-corrected chi connectivity index (χ2v) is 6.20. The smallest absolute Gasteiger partial charge is 0.258 e. The van der Waals surface area contributed by atoms with Gasteiger partial charge in [-0.3, -0.25) is 4.79 Å². The van der Waals surface area contributed by atoms with Crippen LogP contribution in [0.4, 0.5) is 17.3 Å². The molecular weight excluding hydrogens is 324 g/mol. The molecule has 132 valence electrons. The molecule has 0 bridgehead atoms. The second-order valence-electron chi connectivity index (χ2n) is 6.20. The lowest BCUT2D eigenvalue weighted by Crippen LogP contribution is -2.14. The zero-order chi connectivity index (χ0) is 18.5. The Morgan fingerprint density at radius 2 is 1.73 bits per heavy atom. The van der Waals surface area contributed by atoms with Crippen molar-refractivity contribution in [2.45, 2.75) is 27.2 Å². The lowest BCUT2D eigenvalue weighted by molar-refractivity contribution is 0.102. The van der Waals surface area contributed by atoms with Crippen LogP contribution < -0.4 is 10.6 Å². The molecular formula is C21H22N4O. The van der Waals surface area contributed by atoms with Crippen molar-refractivity contribution in [3.63, 3.8) is 0 Å². The van der Waals surface area contributed by atoms with Crippen LogP contribution in [0.25, 0.3) is 0 Å². The zero-order valence-corrected chi connectivity index (χ0v) is 15.2. The fraction of sp³-hybridized carbons (Fsp3) is 0.190. The number of aromatic nitrogens is 2. The molecule has 0 radical (unpaired) electrons. The number of anilines is 3. The number of carbonyl (C=O) groups excluding carboxylic acids is 1. The molecule has 0 spiro atoms. The van der Waals surface area contributed by atoms with E-state index in [1.54, 1.807) is 0 Å². The third-order valence-corrected chi connectivity index (χ3v) is 4.19. The molecule has 0 aliphatic heterocycles. The molecule has 1 heterocycles. The van der Waals surface area contributed by atoms with E-state index in [1.165, 1.54) is 18.0 Å². The average molecular weight is 346 g/mol. The Bertz CT molecular complexity index is 920. The van der Waals surface area contributed by atoms with Crippen LogP contribution in [0, 0.1) is 13.8 Å². The fourth-order valence-electron chi connectivity index (χ4n) is 2.73. The van der Waals surface area contributed by atoms with Crippen LogP contribution in [0.1, 0.15) is 34.0 Å². The molecule has 5 nitrogen and oxygen atoms in total. The molecule has 0 saturated carbocycles. The lowest BCUT2D eigenvalue weighted by atomic mass is 10.1. The predicted molar refractivity (Wildman–Crippen MR) is 105 cm³/mol. The summed E-state index contributed by atoms with van der Waals surface area (Å²) in [5.41, 5.74) is 5.55. The van der Waals surface area contributed by atoms with Crippen molar-refractivity contribution in [2.24, 2.45) is 0 Å². The first kappa shape index (κ1) is 17.6. The van der Waals surface area contributed by atoms with E-state index in [2.05, 4.69) is 33.6 Å². The lowest BCUT2D eigenvalue weighted by Gasteiger charge is -2.11. The molecule has 0 aliphatic carbocycles. The zero-order valence-electron chi connectivity index (χ0n) is 15.2. The minimum Gasteiger partial charge on any atom is -0.324 e. The maximum atomic E-state index is 12.4. The topological polar surface area (TPSA) is 66.9 Å². The van der Waals surface area contributed by atoms with E-state index in [9.17, 15) is 4.79 Å². The maximum Gasteiger partial charge on any atom is 0.258 e. The first-order chi connectivity index (χ1) is 12.6. The van der Waals surface area contributed by atoms with Crippen molar-refractivity contribution in [2.75, 3.05) is 10.6 Å². The van der Waals surface area contributed by atoms with Gasteiger partial charge in [-0.05, 0) is 43.5 Å². The maximum absolute atomic E-state index is 12.4. The van der Waals surface area contributed by atoms with Crippen molar-refractivity contribution in [3.05, 3.63) is 77.1 Å². The van der Waals surface area contributed by atoms with Crippen molar-refractivity contribution in [3.8, 4) is 0 Å². The molecule has 0 fully saturated rings. The summed E-state index contributed by atoms with van der Waals surface area (Å²) in [4.78, 5) is 20.9. The molecule has 5 heteroatoms. The van der Waals surface area contributed by atoms with E-state index in [0.29, 0.717) is 11.5 Å². The second kappa shape index (κ2) is 7.78. The van der Waals surface area contributed by atoms with E-state index in [4.69, 9.17) is 0 Å². The minimum absolute atomic E-state index is 0.225. The Morgan fingerprint density at radius 3 is 2.42 bits per heavy atom. The average Bonchev–Trinajstić information content (AvgIpc) is 2.65. The number of rotatable bonds is 5. The van der Waals surface area contributed by atoms with Crippen molar-refractivity contribution in [1.82, 2.24) is 9.97 Å². The summed E-state index contributed by atoms with van der Waals surface area (Å²) in [5, 5.41) is 6.10. The molecule has 3 rings (SSSR count). The van der Waals surface area contributed by atoms with E-state index < -0.39 is 0 Å². The first-order valence-corrected chi connectivity index (χ1v) is 8.62. The highest BCUT2D eigenvalue weighted by Gasteiger charge is 2.10. The summed E-state index contributed by atoms with van der Waals surface area (Å²) in [7, 11) is 0. The standard InChI is InChI=1S/C21H22N4O/c1-4-16-7-5-6-8-19(16)25-21-22-12-17(13-23-21)20(26)24-18-10-9-14(2)11-15(18)3/h5-13H,4H2,1-3H3,(H,24,26)(H,22,23,25). The van der Waals surface area contributed by atoms with Gasteiger partial charge in [0, 0.05) is 23.8 Å². The summed E-state index contributed by atoms with van der Waals surface area (Å²) in [6, 6.07) is 13.9. The third-order valence-electron chi connectivity index (χ3n) is 4.19. The van der Waals surface area contributed by atoms with Crippen LogP contribution in [0.5, 0.6) is 0 Å². The molecule has 0 unspecified atom stereocenters. The number of nitrogens with one attached hydrogen (secondary N) is 2. The summed E-state index contributed by atoms with van der Waals surface area (Å²) < 4.78 is 0. The van der Waals surface area contributed by atoms with Gasteiger partial charge in [0.2, 0.25) is 5.95 Å². The Morgan fingerprint density at radius 1 is 1.00 bits per heavy atom. The quantitative estimate of drug-likeness (QED) is 0.705. The molecule has 3 aromatic rings. The van der Waals surface area contributed by atoms with Gasteiger partial charge in [-0.1, -0.05) is 42.8 Å². The number of hydrogen-bond acceptors (Lipinski definition) is 4. The summed E-state index contributed by atoms with van der Waals surface area (Å²) in [6.07, 6.45) is 3.98. The molecule has 1 amide bonds. The highest BCUT2D eigenvalue weighted by molar-refractivity contribution is 6.04. The van der Waals surface area contributed by atoms with E-state index in [-0.39, 0.29) is 5.91 Å². The SMILES string of the molecule is CCc1ccccc1Nc1ncc(C(=O)Nc2ccc(C)cc2C)cn1. The summed E-state index contributed by atoms with van der Waals surface area (Å²) in [5.74, 6) is 0.242. The van der Waals surface area contributed by atoms with Crippen LogP contribution in [0.3, 0.4) is 0 Å². The van der Waals surface area contributed by atoms with Gasteiger partial charge in [0.25, 0.3) is 5.91 Å². The molecule has 0 saturated heterocycles. The molecule has 1 aromatic heterocycles. The molecule has 0 atom stereocenters. The number of nitrogens with zero attached hydrogens (tertiary/aromatic N) is 2. The highest BCUT2D eigenvalue weighted by Crippen LogP contribution is 2.19. The van der Waals surface area contributed by atoms with E-state index in [1.807, 2.05) is 50.2 Å². The number of para-hydroxylation sites is 1. The van der Waals surface area contributed by atoms with Crippen LogP contribution in [0.15, 0.2) is 54.9 Å². The first-order valence-electron chi connectivity index (χ1n) is 8.62. The van der Waals surface area contributed by atoms with Crippen LogP contribution >= 0.6 is 0 Å². The predicted octanol–water partition coefficient (Wildman–Crippen LogP) is 4.65. The van der Waals surface area contributed by atoms with Gasteiger partial charge in [-0.25, -0.2) is 9.97 Å². The van der Waals surface area contributed by atoms with Crippen molar-refractivity contribution >= 4 is 23.2 Å². The largest absolute Gasteiger partial charge is 0.324 e. The number of hydrogen-bond donors (Lipinski definition) is 2. The van der Waals surface area contributed by atoms with Crippen LogP contribution in [0.2, 0.25) is 0 Å². The van der Waals surface area contributed by atoms with Gasteiger partial charge in [-0.15, -0.1) is 0 Å². The number of benzene rings is 2. The number of carbonyl (C=O) groups is 1. The molecule has 0 aliphatic rings. The van der Waals surface area contributed by atoms with Crippen molar-refractivity contribution in [1.29, 1.82) is 0 Å². The Hall–Kier alpha value is -3.21. The third kappa shape index (κ3) is 4.06. The minimum atomic E-state index is -0.225. The molecule has 2 aromatic carbocycles. The monoisotopic (exact) mass is 346 g/mol. The Balaban J connectivity index is 1.71. The van der Waals surface area contributed by atoms with Crippen molar-refractivity contribution < 1.29 is 4.79 Å². The molecule has 26 heavy (non-hydrogen) atoms.